The second kappa shape index (κ2) is 6.97. The van der Waals surface area contributed by atoms with Crippen molar-refractivity contribution in [3.8, 4) is 0 Å². The summed E-state index contributed by atoms with van der Waals surface area (Å²) >= 11 is 0. The van der Waals surface area contributed by atoms with Crippen LogP contribution in [0.4, 0.5) is 0 Å². The Morgan fingerprint density at radius 1 is 1.38 bits per heavy atom. The van der Waals surface area contributed by atoms with Gasteiger partial charge in [0.2, 0.25) is 0 Å². The third kappa shape index (κ3) is 4.77. The van der Waals surface area contributed by atoms with Crippen molar-refractivity contribution in [1.29, 1.82) is 0 Å². The van der Waals surface area contributed by atoms with Crippen molar-refractivity contribution >= 4 is 25.3 Å². The van der Waals surface area contributed by atoms with Gasteiger partial charge in [-0.05, 0) is 18.2 Å². The zero-order valence-corrected chi connectivity index (χ0v) is 14.0. The van der Waals surface area contributed by atoms with E-state index in [2.05, 4.69) is 29.6 Å². The predicted molar refractivity (Wildman–Crippen MR) is 89.7 cm³/mol. The molecule has 0 aliphatic heterocycles. The van der Waals surface area contributed by atoms with E-state index in [0.29, 0.717) is 13.3 Å². The highest BCUT2D eigenvalue weighted by molar-refractivity contribution is 6.76. The lowest BCUT2D eigenvalue weighted by Gasteiger charge is -2.15. The monoisotopic (exact) mass is 304 g/mol. The molecule has 0 aromatic carbocycles. The first-order chi connectivity index (χ1) is 9.99. The fraction of sp³-hybridized carbons (Fsp3) is 0.467. The molecule has 114 valence electrons. The maximum atomic E-state index is 5.76. The number of hydrogen-bond acceptors (Lipinski definition) is 4. The van der Waals surface area contributed by atoms with Gasteiger partial charge in [-0.3, -0.25) is 0 Å². The van der Waals surface area contributed by atoms with Gasteiger partial charge >= 0.3 is 0 Å². The molecule has 0 saturated heterocycles. The zero-order valence-electron chi connectivity index (χ0n) is 13.0. The molecule has 0 bridgehead atoms. The lowest BCUT2D eigenvalue weighted by atomic mass is 10.4. The van der Waals surface area contributed by atoms with E-state index in [-0.39, 0.29) is 0 Å². The van der Waals surface area contributed by atoms with E-state index in [1.165, 1.54) is 6.04 Å². The molecule has 2 N–H and O–H groups in total. The summed E-state index contributed by atoms with van der Waals surface area (Å²) in [6.07, 6.45) is 7.48. The summed E-state index contributed by atoms with van der Waals surface area (Å²) < 4.78 is 7.75. The van der Waals surface area contributed by atoms with Crippen molar-refractivity contribution in [2.45, 2.75) is 32.4 Å². The molecule has 2 aromatic rings. The third-order valence-corrected chi connectivity index (χ3v) is 4.84. The van der Waals surface area contributed by atoms with Crippen LogP contribution in [-0.2, 0) is 11.5 Å². The summed E-state index contributed by atoms with van der Waals surface area (Å²) in [5.74, 6) is 0. The number of nitrogens with zero attached hydrogens (tertiary/aromatic N) is 3. The van der Waals surface area contributed by atoms with Crippen LogP contribution >= 0.6 is 0 Å². The Kier molecular flexibility index (Phi) is 5.27. The molecule has 0 fully saturated rings. The Bertz CT molecular complexity index is 616. The molecular weight excluding hydrogens is 280 g/mol. The first-order valence-corrected chi connectivity index (χ1v) is 11.0. The van der Waals surface area contributed by atoms with Crippen molar-refractivity contribution in [3.05, 3.63) is 30.2 Å². The first kappa shape index (κ1) is 15.9. The summed E-state index contributed by atoms with van der Waals surface area (Å²) in [7, 11) is -1.03. The maximum absolute atomic E-state index is 5.76. The molecule has 0 unspecified atom stereocenters. The SMILES string of the molecule is C[Si](C)(C)CCOCn1ccc2nc(C=CCN)cnc21. The maximum Gasteiger partial charge on any atom is 0.160 e. The summed E-state index contributed by atoms with van der Waals surface area (Å²) in [4.78, 5) is 8.99. The fourth-order valence-electron chi connectivity index (χ4n) is 1.89. The van der Waals surface area contributed by atoms with Crippen LogP contribution in [0.5, 0.6) is 0 Å². The molecule has 0 aliphatic carbocycles. The Hall–Kier alpha value is -1.50. The van der Waals surface area contributed by atoms with Crippen LogP contribution in [0.15, 0.2) is 24.5 Å². The van der Waals surface area contributed by atoms with Gasteiger partial charge < -0.3 is 15.0 Å². The number of nitrogens with two attached hydrogens (primary N) is 1. The molecule has 0 radical (unpaired) electrons. The molecule has 0 spiro atoms. The summed E-state index contributed by atoms with van der Waals surface area (Å²) in [6, 6.07) is 3.13. The highest BCUT2D eigenvalue weighted by Crippen LogP contribution is 2.13. The van der Waals surface area contributed by atoms with Crippen molar-refractivity contribution in [3.63, 3.8) is 0 Å². The minimum Gasteiger partial charge on any atom is -0.361 e. The lowest BCUT2D eigenvalue weighted by Crippen LogP contribution is -2.22. The van der Waals surface area contributed by atoms with Crippen LogP contribution in [0, 0.1) is 0 Å². The van der Waals surface area contributed by atoms with Crippen molar-refractivity contribution in [2.24, 2.45) is 5.73 Å². The van der Waals surface area contributed by atoms with Gasteiger partial charge in [0.25, 0.3) is 0 Å². The average molecular weight is 304 g/mol. The third-order valence-electron chi connectivity index (χ3n) is 3.13. The molecule has 0 atom stereocenters. The zero-order chi connectivity index (χ0) is 15.3. The minimum absolute atomic E-state index is 0.506. The normalized spacial score (nSPS) is 12.6. The van der Waals surface area contributed by atoms with E-state index in [1.54, 1.807) is 6.20 Å². The second-order valence-corrected chi connectivity index (χ2v) is 11.9. The van der Waals surface area contributed by atoms with Gasteiger partial charge in [0.15, 0.2) is 5.65 Å². The lowest BCUT2D eigenvalue weighted by molar-refractivity contribution is 0.0899. The molecule has 6 heteroatoms. The van der Waals surface area contributed by atoms with E-state index >= 15 is 0 Å². The van der Waals surface area contributed by atoms with Crippen molar-refractivity contribution in [1.82, 2.24) is 14.5 Å². The molecule has 5 nitrogen and oxygen atoms in total. The van der Waals surface area contributed by atoms with Gasteiger partial charge in [-0.2, -0.15) is 0 Å². The quantitative estimate of drug-likeness (QED) is 0.631. The van der Waals surface area contributed by atoms with E-state index in [9.17, 15) is 0 Å². The Balaban J connectivity index is 2.00. The Labute approximate surface area is 126 Å². The molecule has 0 saturated carbocycles. The molecular formula is C15H24N4OSi. The van der Waals surface area contributed by atoms with Crippen LogP contribution < -0.4 is 5.73 Å². The highest BCUT2D eigenvalue weighted by Gasteiger charge is 2.12. The van der Waals surface area contributed by atoms with Crippen LogP contribution in [0.2, 0.25) is 25.7 Å². The topological polar surface area (TPSA) is 66.0 Å². The molecule has 2 aromatic heterocycles. The first-order valence-electron chi connectivity index (χ1n) is 7.26. The van der Waals surface area contributed by atoms with Gasteiger partial charge in [0, 0.05) is 27.4 Å². The van der Waals surface area contributed by atoms with Gasteiger partial charge in [-0.1, -0.05) is 25.7 Å². The van der Waals surface area contributed by atoms with Crippen LogP contribution in [-0.4, -0.2) is 35.8 Å². The predicted octanol–water partition coefficient (Wildman–Crippen LogP) is 2.72. The van der Waals surface area contributed by atoms with Gasteiger partial charge in [-0.25, -0.2) is 9.97 Å². The molecule has 0 aliphatic rings. The van der Waals surface area contributed by atoms with Crippen LogP contribution in [0.25, 0.3) is 17.2 Å². The van der Waals surface area contributed by atoms with Crippen molar-refractivity contribution < 1.29 is 4.74 Å². The van der Waals surface area contributed by atoms with E-state index in [1.807, 2.05) is 29.0 Å². The molecule has 2 heterocycles. The number of fused-ring (bicyclic) bond motifs is 1. The van der Waals surface area contributed by atoms with Gasteiger partial charge in [0.1, 0.15) is 12.2 Å². The van der Waals surface area contributed by atoms with Gasteiger partial charge in [-0.15, -0.1) is 0 Å². The van der Waals surface area contributed by atoms with E-state index in [0.717, 1.165) is 23.5 Å². The standard InChI is InChI=1S/C15H24N4OSi/c1-21(2,3)10-9-20-12-19-8-6-14-15(19)17-11-13(18-14)5-4-7-16/h4-6,8,11H,7,9-10,12,16H2,1-3H3. The molecule has 2 rings (SSSR count). The largest absolute Gasteiger partial charge is 0.361 e. The van der Waals surface area contributed by atoms with Crippen LogP contribution in [0.1, 0.15) is 5.69 Å². The Morgan fingerprint density at radius 2 is 2.19 bits per heavy atom. The van der Waals surface area contributed by atoms with Gasteiger partial charge in [0.05, 0.1) is 11.9 Å². The molecule has 0 amide bonds. The molecule has 21 heavy (non-hydrogen) atoms. The average Bonchev–Trinajstić information content (AvgIpc) is 2.83. The minimum atomic E-state index is -1.03. The van der Waals surface area contributed by atoms with Crippen LogP contribution in [0.3, 0.4) is 0 Å². The highest BCUT2D eigenvalue weighted by atomic mass is 28.3. The summed E-state index contributed by atoms with van der Waals surface area (Å²) in [6.45, 7) is 8.89. The second-order valence-electron chi connectivity index (χ2n) is 6.28. The van der Waals surface area contributed by atoms with E-state index < -0.39 is 8.07 Å². The smallest absolute Gasteiger partial charge is 0.160 e. The summed E-state index contributed by atoms with van der Waals surface area (Å²) in [5.41, 5.74) is 8.00. The fourth-order valence-corrected chi connectivity index (χ4v) is 2.65. The number of aromatic nitrogens is 3. The Morgan fingerprint density at radius 3 is 2.90 bits per heavy atom. The summed E-state index contributed by atoms with van der Waals surface area (Å²) in [5, 5.41) is 0. The van der Waals surface area contributed by atoms with Crippen molar-refractivity contribution in [2.75, 3.05) is 13.2 Å². The number of rotatable bonds is 7. The van der Waals surface area contributed by atoms with E-state index in [4.69, 9.17) is 10.5 Å². The number of ether oxygens (including phenoxy) is 1. The number of hydrogen-bond donors (Lipinski definition) is 1.